The van der Waals surface area contributed by atoms with Crippen molar-refractivity contribution in [3.8, 4) is 0 Å². The molecule has 2 atom stereocenters. The standard InChI is InChI=1S/C32H40ClN3O2/c33-29-8-4-2-6-26(29)23-34-16-12-30(35-19-21-38-22-20-35)27(24-34)9-10-31(37)36-17-14-32(15-18-36)13-11-25-5-1-3-7-28(25)32/h1-8,11,13,27,30H,9-10,12,14-24H2/t27-,30+/m1/s1. The van der Waals surface area contributed by atoms with Crippen LogP contribution in [0.4, 0.5) is 0 Å². The third kappa shape index (κ3) is 5.44. The average molecular weight is 534 g/mol. The molecule has 1 amide bonds. The Morgan fingerprint density at radius 2 is 1.74 bits per heavy atom. The number of hydrogen-bond donors (Lipinski definition) is 0. The van der Waals surface area contributed by atoms with Crippen molar-refractivity contribution in [3.05, 3.63) is 76.3 Å². The van der Waals surface area contributed by atoms with Crippen molar-refractivity contribution in [1.82, 2.24) is 14.7 Å². The number of likely N-dealkylation sites (tertiary alicyclic amines) is 2. The van der Waals surface area contributed by atoms with Crippen molar-refractivity contribution < 1.29 is 9.53 Å². The zero-order valence-electron chi connectivity index (χ0n) is 22.4. The fourth-order valence-corrected chi connectivity index (χ4v) is 7.47. The van der Waals surface area contributed by atoms with Gasteiger partial charge in [-0.3, -0.25) is 14.6 Å². The highest BCUT2D eigenvalue weighted by Crippen LogP contribution is 2.43. The summed E-state index contributed by atoms with van der Waals surface area (Å²) in [5, 5.41) is 0.845. The van der Waals surface area contributed by atoms with Gasteiger partial charge < -0.3 is 9.64 Å². The highest BCUT2D eigenvalue weighted by atomic mass is 35.5. The molecular formula is C32H40ClN3O2. The van der Waals surface area contributed by atoms with E-state index in [4.69, 9.17) is 16.3 Å². The smallest absolute Gasteiger partial charge is 0.222 e. The molecule has 38 heavy (non-hydrogen) atoms. The first-order valence-corrected chi connectivity index (χ1v) is 14.8. The highest BCUT2D eigenvalue weighted by Gasteiger charge is 2.39. The number of allylic oxidation sites excluding steroid dienone is 1. The maximum Gasteiger partial charge on any atom is 0.222 e. The highest BCUT2D eigenvalue weighted by molar-refractivity contribution is 6.31. The van der Waals surface area contributed by atoms with E-state index in [9.17, 15) is 4.79 Å². The molecule has 3 aliphatic heterocycles. The first kappa shape index (κ1) is 26.1. The van der Waals surface area contributed by atoms with Gasteiger partial charge in [0, 0.05) is 62.2 Å². The number of carbonyl (C=O) groups excluding carboxylic acids is 1. The molecule has 1 spiro atoms. The predicted octanol–water partition coefficient (Wildman–Crippen LogP) is 5.23. The summed E-state index contributed by atoms with van der Waals surface area (Å²) in [4.78, 5) is 20.7. The molecule has 0 bridgehead atoms. The SMILES string of the molecule is O=C(CC[C@@H]1CN(Cc2ccccc2Cl)CC[C@@H]1N1CCOCC1)N1CCC2(C=Cc3ccccc32)CC1. The first-order chi connectivity index (χ1) is 18.6. The van der Waals surface area contributed by atoms with Gasteiger partial charge >= 0.3 is 0 Å². The van der Waals surface area contributed by atoms with Crippen LogP contribution < -0.4 is 0 Å². The number of nitrogens with zero attached hydrogens (tertiary/aromatic N) is 3. The minimum Gasteiger partial charge on any atom is -0.379 e. The molecule has 6 rings (SSSR count). The topological polar surface area (TPSA) is 36.0 Å². The van der Waals surface area contributed by atoms with Gasteiger partial charge in [0.25, 0.3) is 0 Å². The zero-order valence-corrected chi connectivity index (χ0v) is 23.1. The molecule has 0 radical (unpaired) electrons. The lowest BCUT2D eigenvalue weighted by atomic mass is 9.74. The van der Waals surface area contributed by atoms with Crippen LogP contribution in [0.1, 0.15) is 48.8 Å². The summed E-state index contributed by atoms with van der Waals surface area (Å²) in [6.45, 7) is 8.32. The van der Waals surface area contributed by atoms with Gasteiger partial charge in [-0.25, -0.2) is 0 Å². The quantitative estimate of drug-likeness (QED) is 0.509. The largest absolute Gasteiger partial charge is 0.379 e. The van der Waals surface area contributed by atoms with Crippen LogP contribution in [0.25, 0.3) is 6.08 Å². The van der Waals surface area contributed by atoms with E-state index < -0.39 is 0 Å². The number of benzene rings is 2. The van der Waals surface area contributed by atoms with Crippen LogP contribution in [-0.2, 0) is 21.5 Å². The minimum atomic E-state index is 0.122. The number of morpholine rings is 1. The summed E-state index contributed by atoms with van der Waals surface area (Å²) in [5.41, 5.74) is 4.11. The summed E-state index contributed by atoms with van der Waals surface area (Å²) < 4.78 is 5.65. The van der Waals surface area contributed by atoms with Crippen molar-refractivity contribution in [1.29, 1.82) is 0 Å². The Bertz CT molecular complexity index is 1150. The van der Waals surface area contributed by atoms with Gasteiger partial charge in [0.15, 0.2) is 0 Å². The van der Waals surface area contributed by atoms with Crippen molar-refractivity contribution in [2.24, 2.45) is 5.92 Å². The molecule has 3 saturated heterocycles. The van der Waals surface area contributed by atoms with Crippen LogP contribution in [-0.4, -0.2) is 79.1 Å². The van der Waals surface area contributed by atoms with Crippen LogP contribution in [0, 0.1) is 5.92 Å². The number of piperidine rings is 2. The number of carbonyl (C=O) groups is 1. The van der Waals surface area contributed by atoms with Crippen LogP contribution in [0.3, 0.4) is 0 Å². The second-order valence-corrected chi connectivity index (χ2v) is 12.0. The molecule has 3 fully saturated rings. The molecule has 1 aliphatic carbocycles. The Morgan fingerprint density at radius 1 is 0.974 bits per heavy atom. The van der Waals surface area contributed by atoms with Crippen LogP contribution in [0.5, 0.6) is 0 Å². The van der Waals surface area contributed by atoms with Crippen molar-refractivity contribution in [3.63, 3.8) is 0 Å². The molecule has 2 aromatic rings. The lowest BCUT2D eigenvalue weighted by Gasteiger charge is -2.45. The summed E-state index contributed by atoms with van der Waals surface area (Å²) in [6.07, 6.45) is 9.45. The number of fused-ring (bicyclic) bond motifs is 2. The van der Waals surface area contributed by atoms with Gasteiger partial charge in [-0.15, -0.1) is 0 Å². The summed E-state index contributed by atoms with van der Waals surface area (Å²) >= 11 is 6.49. The minimum absolute atomic E-state index is 0.122. The fourth-order valence-electron chi connectivity index (χ4n) is 7.27. The Morgan fingerprint density at radius 3 is 2.55 bits per heavy atom. The maximum atomic E-state index is 13.4. The van der Waals surface area contributed by atoms with Crippen LogP contribution >= 0.6 is 11.6 Å². The maximum absolute atomic E-state index is 13.4. The van der Waals surface area contributed by atoms with Crippen molar-refractivity contribution in [2.75, 3.05) is 52.5 Å². The molecule has 5 nitrogen and oxygen atoms in total. The van der Waals surface area contributed by atoms with Gasteiger partial charge in [0.05, 0.1) is 13.2 Å². The molecule has 0 unspecified atom stereocenters. The summed E-state index contributed by atoms with van der Waals surface area (Å²) in [6, 6.07) is 17.5. The normalized spacial score (nSPS) is 25.6. The first-order valence-electron chi connectivity index (χ1n) is 14.5. The molecule has 4 aliphatic rings. The number of rotatable bonds is 6. The lowest BCUT2D eigenvalue weighted by molar-refractivity contribution is -0.133. The van der Waals surface area contributed by atoms with E-state index in [1.165, 1.54) is 16.7 Å². The number of hydrogen-bond acceptors (Lipinski definition) is 4. The predicted molar refractivity (Wildman–Crippen MR) is 153 cm³/mol. The van der Waals surface area contributed by atoms with Crippen molar-refractivity contribution >= 4 is 23.6 Å². The van der Waals surface area contributed by atoms with Gasteiger partial charge in [0.1, 0.15) is 0 Å². The van der Waals surface area contributed by atoms with E-state index in [0.29, 0.717) is 24.3 Å². The number of amides is 1. The lowest BCUT2D eigenvalue weighted by Crippen LogP contribution is -2.54. The van der Waals surface area contributed by atoms with E-state index in [1.54, 1.807) is 0 Å². The third-order valence-electron chi connectivity index (χ3n) is 9.46. The molecule has 202 valence electrons. The van der Waals surface area contributed by atoms with E-state index in [0.717, 1.165) is 89.7 Å². The van der Waals surface area contributed by atoms with E-state index in [-0.39, 0.29) is 5.41 Å². The molecule has 6 heteroatoms. The third-order valence-corrected chi connectivity index (χ3v) is 9.83. The zero-order chi connectivity index (χ0) is 26.0. The molecule has 3 heterocycles. The van der Waals surface area contributed by atoms with Crippen LogP contribution in [0.2, 0.25) is 5.02 Å². The fraction of sp³-hybridized carbons (Fsp3) is 0.531. The van der Waals surface area contributed by atoms with Gasteiger partial charge in [-0.2, -0.15) is 0 Å². The van der Waals surface area contributed by atoms with Crippen LogP contribution in [0.15, 0.2) is 54.6 Å². The Labute approximate surface area is 232 Å². The Balaban J connectivity index is 1.07. The van der Waals surface area contributed by atoms with Crippen molar-refractivity contribution in [2.45, 2.75) is 50.1 Å². The number of halogens is 1. The van der Waals surface area contributed by atoms with E-state index in [2.05, 4.69) is 63.2 Å². The Kier molecular flexibility index (Phi) is 7.90. The van der Waals surface area contributed by atoms with E-state index >= 15 is 0 Å². The summed E-state index contributed by atoms with van der Waals surface area (Å²) in [5.74, 6) is 0.813. The second-order valence-electron chi connectivity index (χ2n) is 11.6. The van der Waals surface area contributed by atoms with Gasteiger partial charge in [-0.1, -0.05) is 66.2 Å². The Hall–Kier alpha value is -2.18. The second kappa shape index (κ2) is 11.5. The number of ether oxygens (including phenoxy) is 1. The molecule has 0 N–H and O–H groups in total. The molecule has 2 aromatic carbocycles. The molecule has 0 aromatic heterocycles. The van der Waals surface area contributed by atoms with E-state index in [1.807, 2.05) is 12.1 Å². The molecule has 0 saturated carbocycles. The van der Waals surface area contributed by atoms with Gasteiger partial charge in [0.2, 0.25) is 5.91 Å². The monoisotopic (exact) mass is 533 g/mol. The average Bonchev–Trinajstić information content (AvgIpc) is 3.32. The summed E-state index contributed by atoms with van der Waals surface area (Å²) in [7, 11) is 0. The van der Waals surface area contributed by atoms with Gasteiger partial charge in [-0.05, 0) is 60.9 Å². The molecular weight excluding hydrogens is 494 g/mol.